The van der Waals surface area contributed by atoms with Crippen molar-refractivity contribution in [2.45, 2.75) is 32.4 Å². The molecule has 2 N–H and O–H groups in total. The minimum Gasteiger partial charge on any atom is -0.450 e. The quantitative estimate of drug-likeness (QED) is 0.374. The second kappa shape index (κ2) is 11.8. The van der Waals surface area contributed by atoms with E-state index in [9.17, 15) is 4.79 Å². The van der Waals surface area contributed by atoms with Crippen molar-refractivity contribution in [3.8, 4) is 0 Å². The fourth-order valence-electron chi connectivity index (χ4n) is 2.96. The summed E-state index contributed by atoms with van der Waals surface area (Å²) in [6.07, 6.45) is 3.31. The third-order valence-electron chi connectivity index (χ3n) is 4.32. The van der Waals surface area contributed by atoms with Crippen molar-refractivity contribution in [3.05, 3.63) is 23.9 Å². The Morgan fingerprint density at radius 3 is 2.70 bits per heavy atom. The summed E-state index contributed by atoms with van der Waals surface area (Å²) < 4.78 is 5.06. The number of hydrogen-bond donors (Lipinski definition) is 2. The van der Waals surface area contributed by atoms with E-state index in [0.717, 1.165) is 30.2 Å². The number of hydrogen-bond acceptors (Lipinski definition) is 5. The van der Waals surface area contributed by atoms with Crippen LogP contribution >= 0.6 is 24.0 Å². The average molecular weight is 490 g/mol. The molecule has 0 unspecified atom stereocenters. The highest BCUT2D eigenvalue weighted by Gasteiger charge is 2.24. The molecule has 8 nitrogen and oxygen atoms in total. The summed E-state index contributed by atoms with van der Waals surface area (Å²) in [4.78, 5) is 24.3. The van der Waals surface area contributed by atoms with Crippen molar-refractivity contribution < 1.29 is 9.53 Å². The molecule has 27 heavy (non-hydrogen) atoms. The number of rotatable bonds is 5. The first-order valence-electron chi connectivity index (χ1n) is 9.05. The second-order valence-electron chi connectivity index (χ2n) is 6.41. The molecule has 2 rings (SSSR count). The number of nitrogens with zero attached hydrogens (tertiary/aromatic N) is 4. The maximum Gasteiger partial charge on any atom is 0.409 e. The number of carbonyl (C=O) groups is 1. The average Bonchev–Trinajstić information content (AvgIpc) is 2.66. The summed E-state index contributed by atoms with van der Waals surface area (Å²) in [5.41, 5.74) is 1.11. The number of pyridine rings is 1. The van der Waals surface area contributed by atoms with E-state index in [1.807, 2.05) is 32.0 Å². The molecular formula is C18H31IN6O2. The summed E-state index contributed by atoms with van der Waals surface area (Å²) in [6.45, 7) is 4.27. The first kappa shape index (κ1) is 23.3. The first-order chi connectivity index (χ1) is 12.5. The molecule has 0 spiro atoms. The fourth-order valence-corrected chi connectivity index (χ4v) is 2.96. The van der Waals surface area contributed by atoms with Crippen LogP contribution in [0.15, 0.2) is 23.3 Å². The molecular weight excluding hydrogens is 459 g/mol. The van der Waals surface area contributed by atoms with E-state index >= 15 is 0 Å². The maximum atomic E-state index is 11.8. The number of aliphatic imine (C=N–C) groups is 1. The van der Waals surface area contributed by atoms with Gasteiger partial charge in [-0.25, -0.2) is 9.78 Å². The number of ether oxygens (including phenoxy) is 1. The number of amides is 1. The monoisotopic (exact) mass is 490 g/mol. The predicted octanol–water partition coefficient (Wildman–Crippen LogP) is 2.05. The Morgan fingerprint density at radius 2 is 2.11 bits per heavy atom. The van der Waals surface area contributed by atoms with Gasteiger partial charge >= 0.3 is 6.09 Å². The van der Waals surface area contributed by atoms with E-state index in [-0.39, 0.29) is 36.1 Å². The second-order valence-corrected chi connectivity index (χ2v) is 6.41. The lowest BCUT2D eigenvalue weighted by atomic mass is 10.1. The fraction of sp³-hybridized carbons (Fsp3) is 0.611. The van der Waals surface area contributed by atoms with Crippen molar-refractivity contribution in [1.29, 1.82) is 0 Å². The zero-order valence-electron chi connectivity index (χ0n) is 16.6. The van der Waals surface area contributed by atoms with Crippen molar-refractivity contribution in [2.24, 2.45) is 4.99 Å². The van der Waals surface area contributed by atoms with Gasteiger partial charge in [0.05, 0.1) is 6.61 Å². The Morgan fingerprint density at radius 1 is 1.41 bits per heavy atom. The lowest BCUT2D eigenvalue weighted by molar-refractivity contribution is 0.0963. The predicted molar refractivity (Wildman–Crippen MR) is 119 cm³/mol. The molecule has 1 aromatic heterocycles. The molecule has 1 aliphatic heterocycles. The molecule has 0 bridgehead atoms. The van der Waals surface area contributed by atoms with E-state index < -0.39 is 0 Å². The zero-order chi connectivity index (χ0) is 18.9. The van der Waals surface area contributed by atoms with Crippen LogP contribution in [-0.4, -0.2) is 68.8 Å². The minimum atomic E-state index is -0.221. The van der Waals surface area contributed by atoms with Gasteiger partial charge in [-0.2, -0.15) is 0 Å². The van der Waals surface area contributed by atoms with Crippen LogP contribution in [0.25, 0.3) is 0 Å². The van der Waals surface area contributed by atoms with Gasteiger partial charge in [-0.15, -0.1) is 24.0 Å². The number of aromatic nitrogens is 1. The van der Waals surface area contributed by atoms with Crippen LogP contribution in [0.2, 0.25) is 0 Å². The standard InChI is InChI=1S/C18H30N6O2.HI/c1-5-26-18(25)24-11-8-15(9-12-24)22-17(19-2)21-13-14-7-6-10-20-16(14)23(3)4;/h6-7,10,15H,5,8-9,11-13H2,1-4H3,(H2,19,21,22);1H. The third-order valence-corrected chi connectivity index (χ3v) is 4.32. The number of guanidine groups is 1. The van der Waals surface area contributed by atoms with Crippen molar-refractivity contribution in [2.75, 3.05) is 45.7 Å². The highest BCUT2D eigenvalue weighted by molar-refractivity contribution is 14.0. The van der Waals surface area contributed by atoms with Crippen LogP contribution < -0.4 is 15.5 Å². The maximum absolute atomic E-state index is 11.8. The Bertz CT molecular complexity index is 618. The summed E-state index contributed by atoms with van der Waals surface area (Å²) >= 11 is 0. The molecule has 1 aromatic rings. The van der Waals surface area contributed by atoms with Crippen molar-refractivity contribution >= 4 is 41.8 Å². The first-order valence-corrected chi connectivity index (χ1v) is 9.05. The van der Waals surface area contributed by atoms with Crippen LogP contribution in [0.5, 0.6) is 0 Å². The molecule has 1 fully saturated rings. The molecule has 0 aliphatic carbocycles. The topological polar surface area (TPSA) is 82.1 Å². The summed E-state index contributed by atoms with van der Waals surface area (Å²) in [5, 5.41) is 6.79. The lowest BCUT2D eigenvalue weighted by Gasteiger charge is -2.32. The molecule has 0 radical (unpaired) electrons. The Hall–Kier alpha value is -1.78. The lowest BCUT2D eigenvalue weighted by Crippen LogP contribution is -2.49. The van der Waals surface area contributed by atoms with Crippen molar-refractivity contribution in [3.63, 3.8) is 0 Å². The van der Waals surface area contributed by atoms with Gasteiger partial charge in [0.2, 0.25) is 0 Å². The molecule has 0 atom stereocenters. The van der Waals surface area contributed by atoms with Crippen LogP contribution in [0.4, 0.5) is 10.6 Å². The Kier molecular flexibility index (Phi) is 10.2. The highest BCUT2D eigenvalue weighted by atomic mass is 127. The Labute approximate surface area is 178 Å². The highest BCUT2D eigenvalue weighted by Crippen LogP contribution is 2.14. The van der Waals surface area contributed by atoms with Gasteiger partial charge in [-0.3, -0.25) is 4.99 Å². The largest absolute Gasteiger partial charge is 0.450 e. The molecule has 0 saturated carbocycles. The van der Waals surface area contributed by atoms with E-state index in [1.54, 1.807) is 18.1 Å². The molecule has 2 heterocycles. The number of anilines is 1. The van der Waals surface area contributed by atoms with Gasteiger partial charge in [0.15, 0.2) is 5.96 Å². The molecule has 1 aliphatic rings. The van der Waals surface area contributed by atoms with E-state index in [0.29, 0.717) is 26.2 Å². The molecule has 9 heteroatoms. The van der Waals surface area contributed by atoms with Gasteiger partial charge < -0.3 is 25.2 Å². The van der Waals surface area contributed by atoms with Gasteiger partial charge in [-0.05, 0) is 25.8 Å². The normalized spacial score (nSPS) is 15.0. The number of likely N-dealkylation sites (tertiary alicyclic amines) is 1. The van der Waals surface area contributed by atoms with Crippen LogP contribution in [-0.2, 0) is 11.3 Å². The van der Waals surface area contributed by atoms with Gasteiger partial charge in [-0.1, -0.05) is 6.07 Å². The van der Waals surface area contributed by atoms with Gasteiger partial charge in [0, 0.05) is 58.6 Å². The molecule has 0 aromatic carbocycles. The number of halogens is 1. The summed E-state index contributed by atoms with van der Waals surface area (Å²) in [7, 11) is 5.73. The van der Waals surface area contributed by atoms with Crippen LogP contribution in [0.1, 0.15) is 25.3 Å². The Balaban J connectivity index is 0.00000364. The number of carbonyl (C=O) groups excluding carboxylic acids is 1. The zero-order valence-corrected chi connectivity index (χ0v) is 18.9. The van der Waals surface area contributed by atoms with Crippen molar-refractivity contribution in [1.82, 2.24) is 20.5 Å². The number of nitrogens with one attached hydrogen (secondary N) is 2. The van der Waals surface area contributed by atoms with Gasteiger partial charge in [0.1, 0.15) is 5.82 Å². The van der Waals surface area contributed by atoms with E-state index in [4.69, 9.17) is 4.74 Å². The molecule has 1 amide bonds. The third kappa shape index (κ3) is 7.04. The molecule has 1 saturated heterocycles. The van der Waals surface area contributed by atoms with E-state index in [2.05, 4.69) is 26.7 Å². The van der Waals surface area contributed by atoms with Crippen LogP contribution in [0.3, 0.4) is 0 Å². The van der Waals surface area contributed by atoms with Crippen LogP contribution in [0, 0.1) is 0 Å². The SMILES string of the molecule is CCOC(=O)N1CCC(NC(=NC)NCc2cccnc2N(C)C)CC1.I. The smallest absolute Gasteiger partial charge is 0.409 e. The summed E-state index contributed by atoms with van der Waals surface area (Å²) in [5.74, 6) is 1.70. The van der Waals surface area contributed by atoms with E-state index in [1.165, 1.54) is 0 Å². The minimum absolute atomic E-state index is 0. The summed E-state index contributed by atoms with van der Waals surface area (Å²) in [6, 6.07) is 4.28. The number of piperidine rings is 1. The molecule has 152 valence electrons. The van der Waals surface area contributed by atoms with Gasteiger partial charge in [0.25, 0.3) is 0 Å².